The Kier molecular flexibility index (Phi) is 26.6. The molecule has 2 amide bonds. The number of ether oxygens (including phenoxy) is 3. The minimum absolute atomic E-state index is 0.102. The zero-order chi connectivity index (χ0) is 51.5. The summed E-state index contributed by atoms with van der Waals surface area (Å²) in [6.07, 6.45) is 6.06. The van der Waals surface area contributed by atoms with E-state index in [-0.39, 0.29) is 18.4 Å². The number of nitrogens with zero attached hydrogens (tertiary/aromatic N) is 10. The van der Waals surface area contributed by atoms with Crippen molar-refractivity contribution in [1.29, 1.82) is 0 Å². The Morgan fingerprint density at radius 2 is 1.46 bits per heavy atom. The van der Waals surface area contributed by atoms with Crippen molar-refractivity contribution in [3.8, 4) is 11.5 Å². The molecule has 0 spiro atoms. The van der Waals surface area contributed by atoms with Crippen LogP contribution in [0.3, 0.4) is 0 Å². The first kappa shape index (κ1) is 58.5. The van der Waals surface area contributed by atoms with Gasteiger partial charge in [0.2, 0.25) is 0 Å². The molecular weight excluding hydrogens is 885 g/mol. The zero-order valence-corrected chi connectivity index (χ0v) is 42.2. The van der Waals surface area contributed by atoms with Gasteiger partial charge in [0.15, 0.2) is 6.29 Å². The average molecular weight is 959 g/mol. The average Bonchev–Trinajstić information content (AvgIpc) is 3.98. The van der Waals surface area contributed by atoms with Crippen LogP contribution in [0.5, 0.6) is 11.5 Å². The van der Waals surface area contributed by atoms with Crippen molar-refractivity contribution in [2.45, 2.75) is 47.2 Å². The highest BCUT2D eigenvalue weighted by Crippen LogP contribution is 2.41. The number of anilines is 2. The minimum Gasteiger partial charge on any atom is -0.494 e. The molecule has 21 heteroatoms. The summed E-state index contributed by atoms with van der Waals surface area (Å²) in [5, 5.41) is 13.1. The van der Waals surface area contributed by atoms with Crippen LogP contribution in [0, 0.1) is 13.8 Å². The second-order valence-corrected chi connectivity index (χ2v) is 14.9. The number of carbonyl (C=O) groups excluding carboxylic acids is 4. The van der Waals surface area contributed by atoms with Crippen LogP contribution in [0.1, 0.15) is 73.3 Å². The number of hydrogen-bond acceptors (Lipinski definition) is 17. The van der Waals surface area contributed by atoms with E-state index in [4.69, 9.17) is 14.2 Å². The molecule has 1 saturated heterocycles. The number of rotatable bonds is 23. The van der Waals surface area contributed by atoms with Gasteiger partial charge >= 0.3 is 0 Å². The predicted molar refractivity (Wildman–Crippen MR) is 275 cm³/mol. The highest BCUT2D eigenvalue weighted by atomic mass is 16.5. The van der Waals surface area contributed by atoms with E-state index in [0.29, 0.717) is 108 Å². The molecule has 0 bridgehead atoms. The van der Waals surface area contributed by atoms with Gasteiger partial charge in [-0.2, -0.15) is 10.2 Å². The van der Waals surface area contributed by atoms with Gasteiger partial charge in [0.05, 0.1) is 56.4 Å². The Morgan fingerprint density at radius 3 is 2.03 bits per heavy atom. The molecule has 1 fully saturated rings. The number of methoxy groups -OCH3 is 1. The lowest BCUT2D eigenvalue weighted by atomic mass is 10.1. The summed E-state index contributed by atoms with van der Waals surface area (Å²) in [7, 11) is 9.62. The summed E-state index contributed by atoms with van der Waals surface area (Å²) in [5.74, 6) is 0.132. The third-order valence-corrected chi connectivity index (χ3v) is 10.4. The van der Waals surface area contributed by atoms with Crippen LogP contribution < -0.4 is 41.5 Å². The number of nitrogens with two attached hydrogens (primary N) is 2. The predicted octanol–water partition coefficient (Wildman–Crippen LogP) is 4.06. The molecule has 0 aliphatic carbocycles. The summed E-state index contributed by atoms with van der Waals surface area (Å²) in [4.78, 5) is 64.4. The Hall–Kier alpha value is -6.62. The molecule has 0 atom stereocenters. The van der Waals surface area contributed by atoms with E-state index in [9.17, 15) is 19.2 Å². The molecule has 6 N–H and O–H groups in total. The fourth-order valence-corrected chi connectivity index (χ4v) is 7.18. The molecule has 21 nitrogen and oxygen atoms in total. The van der Waals surface area contributed by atoms with E-state index in [0.717, 1.165) is 44.4 Å². The van der Waals surface area contributed by atoms with Gasteiger partial charge in [0, 0.05) is 71.0 Å². The fraction of sp³-hybridized carbons (Fsp3) is 0.458. The summed E-state index contributed by atoms with van der Waals surface area (Å²) in [5.41, 5.74) is 17.0. The molecule has 0 unspecified atom stereocenters. The summed E-state index contributed by atoms with van der Waals surface area (Å²) in [6.45, 7) is 21.5. The van der Waals surface area contributed by atoms with Crippen molar-refractivity contribution in [3.05, 3.63) is 82.5 Å². The number of nitrogens with one attached hydrogen (secondary N) is 2. The van der Waals surface area contributed by atoms with Crippen molar-refractivity contribution < 1.29 is 33.4 Å². The number of morpholine rings is 1. The molecule has 5 rings (SSSR count). The van der Waals surface area contributed by atoms with Gasteiger partial charge in [-0.25, -0.2) is 5.43 Å². The molecular formula is C48H74N14O7. The van der Waals surface area contributed by atoms with Crippen molar-refractivity contribution >= 4 is 60.6 Å². The molecule has 2 aromatic carbocycles. The number of aliphatic imine (C=N–C) groups is 2. The lowest BCUT2D eigenvalue weighted by molar-refractivity contribution is 0.0358. The minimum atomic E-state index is -0.335. The van der Waals surface area contributed by atoms with Crippen LogP contribution in [-0.2, 0) is 17.8 Å². The largest absolute Gasteiger partial charge is 0.494 e. The third kappa shape index (κ3) is 16.5. The standard InChI is InChI=1S/C39H54N10O6.C7H10N2O.2CH5N/c1-9-49-33(21-28(2)44-49)39(52)48(15-11-10-14-47(27-40-3)36-31(41-4)22-29(26-50)23-34(36)53-8)37-32(42-5)24-30(38(51)45(7)43-6)25-35(37)55-18-12-13-46-16-19-54-20-17-46;1-3-9-7(5-10)4-6(2)8-9;2*1-2/h10-11,21-26,40,43H,4-5,9,12-20,27H2,1-3,6-8H3;4-5H,3H2,1-2H3;2*2H2,1H3/b11-10+;;;. The number of hydrazine groups is 1. The van der Waals surface area contributed by atoms with Crippen molar-refractivity contribution in [2.75, 3.05) is 111 Å². The molecule has 0 saturated carbocycles. The number of hydrogen-bond donors (Lipinski definition) is 4. The van der Waals surface area contributed by atoms with E-state index < -0.39 is 0 Å². The maximum atomic E-state index is 14.7. The second-order valence-electron chi connectivity index (χ2n) is 14.9. The molecule has 378 valence electrons. The normalized spacial score (nSPS) is 12.0. The molecule has 69 heavy (non-hydrogen) atoms. The van der Waals surface area contributed by atoms with Gasteiger partial charge in [-0.05, 0) is 105 Å². The molecule has 1 aliphatic rings. The number of aromatic nitrogens is 4. The molecule has 4 aromatic rings. The first-order valence-electron chi connectivity index (χ1n) is 22.6. The topological polar surface area (TPSA) is 245 Å². The van der Waals surface area contributed by atoms with Gasteiger partial charge < -0.3 is 35.9 Å². The number of amides is 2. The smallest absolute Gasteiger partial charge is 0.277 e. The lowest BCUT2D eigenvalue weighted by Crippen LogP contribution is -2.37. The van der Waals surface area contributed by atoms with E-state index in [1.807, 2.05) is 51.8 Å². The molecule has 2 aromatic heterocycles. The first-order valence-corrected chi connectivity index (χ1v) is 22.6. The SMILES string of the molecule is C=Nc1cc(C=O)cc(OC)c1N(C/C=C/CN(C(=O)c1cc(C)nn1CC)c1c(N=C)cc(C(=O)N(C)NC)cc1OCCCN1CCOCC1)CNC.CCn1nc(C)cc1C=O.CN.CN. The van der Waals surface area contributed by atoms with Gasteiger partial charge in [-0.1, -0.05) is 12.2 Å². The molecule has 0 radical (unpaired) electrons. The highest BCUT2D eigenvalue weighted by Gasteiger charge is 2.29. The van der Waals surface area contributed by atoms with Crippen LogP contribution in [0.2, 0.25) is 0 Å². The second kappa shape index (κ2) is 31.4. The monoisotopic (exact) mass is 959 g/mol. The van der Waals surface area contributed by atoms with Crippen LogP contribution in [-0.4, -0.2) is 169 Å². The molecule has 3 heterocycles. The van der Waals surface area contributed by atoms with Gasteiger partial charge in [-0.15, -0.1) is 0 Å². The van der Waals surface area contributed by atoms with Crippen molar-refractivity contribution in [2.24, 2.45) is 21.5 Å². The summed E-state index contributed by atoms with van der Waals surface area (Å²) < 4.78 is 20.9. The zero-order valence-electron chi connectivity index (χ0n) is 42.2. The Morgan fingerprint density at radius 1 is 0.841 bits per heavy atom. The number of aldehydes is 2. The van der Waals surface area contributed by atoms with Crippen molar-refractivity contribution in [1.82, 2.24) is 40.2 Å². The Labute approximate surface area is 407 Å². The van der Waals surface area contributed by atoms with Crippen LogP contribution in [0.4, 0.5) is 22.7 Å². The Balaban J connectivity index is 0.00000101. The van der Waals surface area contributed by atoms with Gasteiger partial charge in [-0.3, -0.25) is 53.3 Å². The quantitative estimate of drug-likeness (QED) is 0.0205. The summed E-state index contributed by atoms with van der Waals surface area (Å²) >= 11 is 0. The number of carbonyl (C=O) groups is 4. The third-order valence-electron chi connectivity index (χ3n) is 10.4. The molecule has 1 aliphatic heterocycles. The van der Waals surface area contributed by atoms with E-state index >= 15 is 0 Å². The van der Waals surface area contributed by atoms with Crippen LogP contribution >= 0.6 is 0 Å². The lowest BCUT2D eigenvalue weighted by Gasteiger charge is -2.28. The van der Waals surface area contributed by atoms with E-state index in [1.165, 1.54) is 26.2 Å². The van der Waals surface area contributed by atoms with Crippen LogP contribution in [0.25, 0.3) is 0 Å². The maximum Gasteiger partial charge on any atom is 0.277 e. The van der Waals surface area contributed by atoms with Crippen LogP contribution in [0.15, 0.2) is 58.5 Å². The first-order chi connectivity index (χ1) is 33.4. The van der Waals surface area contributed by atoms with Gasteiger partial charge in [0.1, 0.15) is 40.5 Å². The van der Waals surface area contributed by atoms with E-state index in [2.05, 4.69) is 60.7 Å². The van der Waals surface area contributed by atoms with Crippen molar-refractivity contribution in [3.63, 3.8) is 0 Å². The summed E-state index contributed by atoms with van der Waals surface area (Å²) in [6, 6.07) is 10.1. The number of aryl methyl sites for hydroxylation is 4. The van der Waals surface area contributed by atoms with E-state index in [1.54, 1.807) is 64.8 Å². The fourth-order valence-electron chi connectivity index (χ4n) is 7.18. The Bertz CT molecular complexity index is 2290. The van der Waals surface area contributed by atoms with Gasteiger partial charge in [0.25, 0.3) is 11.8 Å². The number of benzene rings is 2. The highest BCUT2D eigenvalue weighted by molar-refractivity contribution is 6.09. The maximum absolute atomic E-state index is 14.7.